The largest absolute Gasteiger partial charge is 0.493 e. The van der Waals surface area contributed by atoms with Crippen LogP contribution in [0.2, 0.25) is 0 Å². The van der Waals surface area contributed by atoms with E-state index >= 15 is 0 Å². The van der Waals surface area contributed by atoms with Gasteiger partial charge in [-0.3, -0.25) is 9.78 Å². The van der Waals surface area contributed by atoms with E-state index in [-0.39, 0.29) is 5.56 Å². The van der Waals surface area contributed by atoms with Crippen LogP contribution in [0.1, 0.15) is 26.2 Å². The smallest absolute Gasteiger partial charge is 0.260 e. The molecular weight excluding hydrogens is 397 g/mol. The van der Waals surface area contributed by atoms with Crippen LogP contribution in [0.15, 0.2) is 47.7 Å². The number of pyridine rings is 2. The van der Waals surface area contributed by atoms with E-state index in [1.165, 1.54) is 0 Å². The minimum Gasteiger partial charge on any atom is -0.493 e. The topological polar surface area (TPSA) is 65.4 Å². The van der Waals surface area contributed by atoms with E-state index in [9.17, 15) is 9.18 Å². The molecule has 3 heterocycles. The SMILES string of the molecule is CCCCn1cc(-c2ccc(O[C@H]3CCNC[C@@H]3F)c(OC)c2)c2ccncc2c1=O. The molecule has 1 aromatic carbocycles. The summed E-state index contributed by atoms with van der Waals surface area (Å²) in [4.78, 5) is 17.0. The summed E-state index contributed by atoms with van der Waals surface area (Å²) in [5, 5.41) is 4.46. The average Bonchev–Trinajstić information content (AvgIpc) is 2.80. The Balaban J connectivity index is 1.75. The molecule has 3 aromatic rings. The number of hydrogen-bond donors (Lipinski definition) is 1. The molecule has 1 aliphatic rings. The molecule has 2 aromatic heterocycles. The number of benzene rings is 1. The standard InChI is InChI=1S/C24H28FN3O3/c1-3-4-11-28-15-19(17-7-9-26-13-18(17)24(28)29)16-5-6-22(23(12-16)30-2)31-21-8-10-27-14-20(21)25/h5-7,9,12-13,15,20-21,27H,3-4,8,10-11,14H2,1-2H3/t20-,21-/m0/s1. The van der Waals surface area contributed by atoms with Gasteiger partial charge in [-0.1, -0.05) is 19.4 Å². The van der Waals surface area contributed by atoms with Gasteiger partial charge in [0.15, 0.2) is 11.5 Å². The van der Waals surface area contributed by atoms with Crippen molar-refractivity contribution in [2.24, 2.45) is 0 Å². The summed E-state index contributed by atoms with van der Waals surface area (Å²) < 4.78 is 27.5. The Hall–Kier alpha value is -2.93. The van der Waals surface area contributed by atoms with Crippen molar-refractivity contribution in [2.45, 2.75) is 45.0 Å². The van der Waals surface area contributed by atoms with Gasteiger partial charge in [0, 0.05) is 37.2 Å². The summed E-state index contributed by atoms with van der Waals surface area (Å²) in [5.41, 5.74) is 1.78. The molecule has 0 saturated carbocycles. The van der Waals surface area contributed by atoms with Crippen LogP contribution in [-0.4, -0.2) is 42.0 Å². The molecule has 0 unspecified atom stereocenters. The average molecular weight is 426 g/mol. The number of piperidine rings is 1. The second-order valence-corrected chi connectivity index (χ2v) is 7.85. The van der Waals surface area contributed by atoms with Gasteiger partial charge in [0.25, 0.3) is 5.56 Å². The summed E-state index contributed by atoms with van der Waals surface area (Å²) >= 11 is 0. The van der Waals surface area contributed by atoms with Crippen LogP contribution in [0, 0.1) is 0 Å². The third kappa shape index (κ3) is 4.42. The first-order chi connectivity index (χ1) is 15.1. The number of alkyl halides is 1. The van der Waals surface area contributed by atoms with E-state index in [4.69, 9.17) is 9.47 Å². The number of nitrogens with one attached hydrogen (secondary N) is 1. The summed E-state index contributed by atoms with van der Waals surface area (Å²) in [5.74, 6) is 1.06. The molecule has 7 heteroatoms. The number of nitrogens with zero attached hydrogens (tertiary/aromatic N) is 2. The molecule has 1 saturated heterocycles. The van der Waals surface area contributed by atoms with Gasteiger partial charge >= 0.3 is 0 Å². The summed E-state index contributed by atoms with van der Waals surface area (Å²) in [6.07, 6.45) is 6.18. The Bertz CT molecular complexity index is 1110. The quantitative estimate of drug-likeness (QED) is 0.621. The molecule has 1 N–H and O–H groups in total. The van der Waals surface area contributed by atoms with Gasteiger partial charge in [-0.15, -0.1) is 0 Å². The maximum atomic E-state index is 14.2. The molecule has 164 valence electrons. The van der Waals surface area contributed by atoms with Crippen LogP contribution in [0.25, 0.3) is 21.9 Å². The Morgan fingerprint density at radius 1 is 1.26 bits per heavy atom. The van der Waals surface area contributed by atoms with E-state index < -0.39 is 12.3 Å². The zero-order valence-electron chi connectivity index (χ0n) is 17.9. The molecule has 0 amide bonds. The van der Waals surface area contributed by atoms with Crippen molar-refractivity contribution in [1.82, 2.24) is 14.9 Å². The fraction of sp³-hybridized carbons (Fsp3) is 0.417. The van der Waals surface area contributed by atoms with Crippen LogP contribution in [0.3, 0.4) is 0 Å². The lowest BCUT2D eigenvalue weighted by molar-refractivity contribution is 0.0708. The zero-order valence-corrected chi connectivity index (χ0v) is 17.9. The molecule has 2 atom stereocenters. The van der Waals surface area contributed by atoms with Crippen LogP contribution < -0.4 is 20.3 Å². The number of aryl methyl sites for hydroxylation is 1. The van der Waals surface area contributed by atoms with Crippen molar-refractivity contribution in [1.29, 1.82) is 0 Å². The summed E-state index contributed by atoms with van der Waals surface area (Å²) in [6, 6.07) is 7.48. The maximum Gasteiger partial charge on any atom is 0.260 e. The lowest BCUT2D eigenvalue weighted by Crippen LogP contribution is -2.44. The lowest BCUT2D eigenvalue weighted by Gasteiger charge is -2.28. The highest BCUT2D eigenvalue weighted by atomic mass is 19.1. The first-order valence-corrected chi connectivity index (χ1v) is 10.8. The van der Waals surface area contributed by atoms with Crippen LogP contribution >= 0.6 is 0 Å². The lowest BCUT2D eigenvalue weighted by atomic mass is 10.0. The van der Waals surface area contributed by atoms with Gasteiger partial charge in [-0.2, -0.15) is 0 Å². The Labute approximate surface area is 181 Å². The van der Waals surface area contributed by atoms with Crippen molar-refractivity contribution in [3.8, 4) is 22.6 Å². The second kappa shape index (κ2) is 9.47. The van der Waals surface area contributed by atoms with Gasteiger partial charge in [0.2, 0.25) is 0 Å². The number of rotatable bonds is 7. The van der Waals surface area contributed by atoms with Crippen LogP contribution in [0.5, 0.6) is 11.5 Å². The van der Waals surface area contributed by atoms with Crippen LogP contribution in [0.4, 0.5) is 4.39 Å². The van der Waals surface area contributed by atoms with Crippen molar-refractivity contribution < 1.29 is 13.9 Å². The molecule has 31 heavy (non-hydrogen) atoms. The summed E-state index contributed by atoms with van der Waals surface area (Å²) in [6.45, 7) is 3.77. The van der Waals surface area contributed by atoms with Gasteiger partial charge < -0.3 is 19.4 Å². The fourth-order valence-electron chi connectivity index (χ4n) is 3.99. The van der Waals surface area contributed by atoms with Gasteiger partial charge in [-0.05, 0) is 48.5 Å². The Morgan fingerprint density at radius 3 is 2.90 bits per heavy atom. The number of halogens is 1. The first kappa shape index (κ1) is 21.3. The normalized spacial score (nSPS) is 18.8. The molecule has 1 fully saturated rings. The van der Waals surface area contributed by atoms with E-state index in [0.29, 0.717) is 36.4 Å². The molecule has 4 rings (SSSR count). The van der Waals surface area contributed by atoms with Gasteiger partial charge in [-0.25, -0.2) is 4.39 Å². The number of ether oxygens (including phenoxy) is 2. The highest BCUT2D eigenvalue weighted by Crippen LogP contribution is 2.36. The van der Waals surface area contributed by atoms with Crippen LogP contribution in [-0.2, 0) is 6.54 Å². The molecule has 6 nitrogen and oxygen atoms in total. The summed E-state index contributed by atoms with van der Waals surface area (Å²) in [7, 11) is 1.57. The highest BCUT2D eigenvalue weighted by molar-refractivity contribution is 5.95. The van der Waals surface area contributed by atoms with E-state index in [2.05, 4.69) is 17.2 Å². The van der Waals surface area contributed by atoms with E-state index in [0.717, 1.165) is 35.9 Å². The predicted octanol–water partition coefficient (Wildman–Crippen LogP) is 3.95. The minimum atomic E-state index is -1.06. The molecular formula is C24H28FN3O3. The van der Waals surface area contributed by atoms with E-state index in [1.807, 2.05) is 30.5 Å². The first-order valence-electron chi connectivity index (χ1n) is 10.8. The molecule has 0 spiro atoms. The molecule has 0 aliphatic carbocycles. The van der Waals surface area contributed by atoms with Crippen molar-refractivity contribution in [3.63, 3.8) is 0 Å². The number of hydrogen-bond acceptors (Lipinski definition) is 5. The second-order valence-electron chi connectivity index (χ2n) is 7.85. The minimum absolute atomic E-state index is 0.0351. The van der Waals surface area contributed by atoms with Crippen molar-refractivity contribution in [2.75, 3.05) is 20.2 Å². The number of unbranched alkanes of at least 4 members (excludes halogenated alkanes) is 1. The molecule has 1 aliphatic heterocycles. The third-order valence-electron chi connectivity index (χ3n) is 5.74. The van der Waals surface area contributed by atoms with E-state index in [1.54, 1.807) is 24.1 Å². The molecule has 0 bridgehead atoms. The zero-order chi connectivity index (χ0) is 21.8. The number of methoxy groups -OCH3 is 1. The third-order valence-corrected chi connectivity index (χ3v) is 5.74. The Morgan fingerprint density at radius 2 is 2.13 bits per heavy atom. The maximum absolute atomic E-state index is 14.2. The van der Waals surface area contributed by atoms with Gasteiger partial charge in [0.1, 0.15) is 12.3 Å². The molecule has 0 radical (unpaired) electrons. The van der Waals surface area contributed by atoms with Crippen molar-refractivity contribution in [3.05, 3.63) is 53.2 Å². The Kier molecular flexibility index (Phi) is 6.51. The highest BCUT2D eigenvalue weighted by Gasteiger charge is 2.27. The van der Waals surface area contributed by atoms with Crippen molar-refractivity contribution >= 4 is 10.8 Å². The monoisotopic (exact) mass is 425 g/mol. The fourth-order valence-corrected chi connectivity index (χ4v) is 3.99. The predicted molar refractivity (Wildman–Crippen MR) is 120 cm³/mol. The number of aromatic nitrogens is 2. The van der Waals surface area contributed by atoms with Gasteiger partial charge in [0.05, 0.1) is 12.5 Å². The number of fused-ring (bicyclic) bond motifs is 1.